The Morgan fingerprint density at radius 1 is 1.11 bits per heavy atom. The molecule has 27 heavy (non-hydrogen) atoms. The molecule has 1 aromatic heterocycles. The Hall–Kier alpha value is -2.30. The van der Waals surface area contributed by atoms with Crippen LogP contribution in [-0.4, -0.2) is 35.3 Å². The van der Waals surface area contributed by atoms with E-state index in [4.69, 9.17) is 16.3 Å². The number of ether oxygens (including phenoxy) is 1. The van der Waals surface area contributed by atoms with Crippen LogP contribution in [0.2, 0.25) is 5.02 Å². The molecule has 0 bridgehead atoms. The lowest BCUT2D eigenvalue weighted by molar-refractivity contribution is 0.203. The van der Waals surface area contributed by atoms with Crippen molar-refractivity contribution in [2.24, 2.45) is 0 Å². The lowest BCUT2D eigenvalue weighted by Gasteiger charge is -2.31. The van der Waals surface area contributed by atoms with Gasteiger partial charge in [0.05, 0.1) is 18.5 Å². The number of piperidine rings is 1. The van der Waals surface area contributed by atoms with Crippen molar-refractivity contribution in [3.8, 4) is 17.0 Å². The Morgan fingerprint density at radius 3 is 2.63 bits per heavy atom. The van der Waals surface area contributed by atoms with Crippen molar-refractivity contribution in [2.45, 2.75) is 25.3 Å². The molecule has 140 valence electrons. The van der Waals surface area contributed by atoms with Gasteiger partial charge in [0, 0.05) is 17.5 Å². The minimum Gasteiger partial charge on any atom is -0.497 e. The lowest BCUT2D eigenvalue weighted by Crippen LogP contribution is -2.32. The van der Waals surface area contributed by atoms with Crippen LogP contribution < -0.4 is 4.74 Å². The minimum atomic E-state index is 0.517. The van der Waals surface area contributed by atoms with Crippen LogP contribution in [0.5, 0.6) is 5.75 Å². The van der Waals surface area contributed by atoms with Gasteiger partial charge in [-0.3, -0.25) is 10.00 Å². The van der Waals surface area contributed by atoms with Gasteiger partial charge in [0.2, 0.25) is 0 Å². The van der Waals surface area contributed by atoms with E-state index in [9.17, 15) is 0 Å². The summed E-state index contributed by atoms with van der Waals surface area (Å²) in [6.45, 7) is 3.15. The van der Waals surface area contributed by atoms with E-state index in [2.05, 4.69) is 39.4 Å². The molecule has 1 fully saturated rings. The third-order valence-electron chi connectivity index (χ3n) is 5.30. The summed E-state index contributed by atoms with van der Waals surface area (Å²) < 4.78 is 5.33. The highest BCUT2D eigenvalue weighted by molar-refractivity contribution is 6.30. The van der Waals surface area contributed by atoms with E-state index in [-0.39, 0.29) is 0 Å². The maximum atomic E-state index is 5.98. The summed E-state index contributed by atoms with van der Waals surface area (Å²) in [5, 5.41) is 8.51. The van der Waals surface area contributed by atoms with Crippen molar-refractivity contribution in [1.29, 1.82) is 0 Å². The molecule has 2 aromatic carbocycles. The second-order valence-corrected chi connectivity index (χ2v) is 7.55. The first kappa shape index (κ1) is 18.1. The molecule has 0 saturated carbocycles. The molecule has 1 saturated heterocycles. The van der Waals surface area contributed by atoms with Gasteiger partial charge < -0.3 is 4.74 Å². The van der Waals surface area contributed by atoms with E-state index in [1.54, 1.807) is 7.11 Å². The van der Waals surface area contributed by atoms with E-state index in [1.165, 1.54) is 11.3 Å². The quantitative estimate of drug-likeness (QED) is 0.667. The zero-order valence-corrected chi connectivity index (χ0v) is 16.2. The monoisotopic (exact) mass is 381 g/mol. The summed E-state index contributed by atoms with van der Waals surface area (Å²) in [6.07, 6.45) is 2.27. The van der Waals surface area contributed by atoms with Gasteiger partial charge in [-0.05, 0) is 67.4 Å². The maximum Gasteiger partial charge on any atom is 0.119 e. The fourth-order valence-electron chi connectivity index (χ4n) is 3.74. The van der Waals surface area contributed by atoms with Gasteiger partial charge in [-0.1, -0.05) is 35.9 Å². The highest BCUT2D eigenvalue weighted by Crippen LogP contribution is 2.30. The van der Waals surface area contributed by atoms with Gasteiger partial charge in [0.15, 0.2) is 0 Å². The number of benzene rings is 2. The summed E-state index contributed by atoms with van der Waals surface area (Å²) in [4.78, 5) is 2.51. The van der Waals surface area contributed by atoms with Crippen molar-refractivity contribution in [2.75, 3.05) is 20.2 Å². The summed E-state index contributed by atoms with van der Waals surface area (Å²) in [5.41, 5.74) is 4.65. The summed E-state index contributed by atoms with van der Waals surface area (Å²) in [7, 11) is 1.72. The van der Waals surface area contributed by atoms with Crippen molar-refractivity contribution in [1.82, 2.24) is 15.1 Å². The van der Waals surface area contributed by atoms with Crippen LogP contribution in [0.1, 0.15) is 30.0 Å². The predicted molar refractivity (Wildman–Crippen MR) is 109 cm³/mol. The molecule has 0 spiro atoms. The molecule has 0 unspecified atom stereocenters. The smallest absolute Gasteiger partial charge is 0.119 e. The maximum absolute atomic E-state index is 5.98. The van der Waals surface area contributed by atoms with Crippen LogP contribution in [0.15, 0.2) is 54.6 Å². The number of hydrogen-bond acceptors (Lipinski definition) is 3. The minimum absolute atomic E-state index is 0.517. The third kappa shape index (κ3) is 4.34. The zero-order valence-electron chi connectivity index (χ0n) is 15.5. The van der Waals surface area contributed by atoms with E-state index in [0.29, 0.717) is 5.92 Å². The first-order valence-electron chi connectivity index (χ1n) is 9.38. The number of nitrogens with one attached hydrogen (secondary N) is 1. The Labute approximate surface area is 165 Å². The zero-order chi connectivity index (χ0) is 18.6. The van der Waals surface area contributed by atoms with Crippen LogP contribution in [0.4, 0.5) is 0 Å². The normalized spacial score (nSPS) is 15.8. The lowest BCUT2D eigenvalue weighted by atomic mass is 9.93. The Morgan fingerprint density at radius 2 is 1.89 bits per heavy atom. The van der Waals surface area contributed by atoms with Crippen molar-refractivity contribution in [3.05, 3.63) is 70.9 Å². The number of hydrogen-bond donors (Lipinski definition) is 1. The van der Waals surface area contributed by atoms with Crippen LogP contribution in [0, 0.1) is 0 Å². The van der Waals surface area contributed by atoms with E-state index in [0.717, 1.165) is 54.5 Å². The van der Waals surface area contributed by atoms with Crippen LogP contribution in [0.3, 0.4) is 0 Å². The van der Waals surface area contributed by atoms with Crippen molar-refractivity contribution in [3.63, 3.8) is 0 Å². The fraction of sp³-hybridized carbons (Fsp3) is 0.318. The Balaban J connectivity index is 1.36. The Bertz CT molecular complexity index is 883. The summed E-state index contributed by atoms with van der Waals surface area (Å²) in [5.74, 6) is 1.44. The molecule has 5 heteroatoms. The van der Waals surface area contributed by atoms with Gasteiger partial charge in [-0.15, -0.1) is 0 Å². The molecule has 0 radical (unpaired) electrons. The van der Waals surface area contributed by atoms with Gasteiger partial charge >= 0.3 is 0 Å². The number of aromatic amines is 1. The fourth-order valence-corrected chi connectivity index (χ4v) is 3.87. The third-order valence-corrected chi connectivity index (χ3v) is 5.55. The highest BCUT2D eigenvalue weighted by atomic mass is 35.5. The van der Waals surface area contributed by atoms with Crippen molar-refractivity contribution >= 4 is 11.6 Å². The molecule has 4 nitrogen and oxygen atoms in total. The standard InChI is InChI=1S/C22H24ClN3O/c1-27-20-4-2-3-16(13-20)15-26-11-9-18(10-12-26)22-14-21(24-25-22)17-5-7-19(23)8-6-17/h2-8,13-14,18H,9-12,15H2,1H3,(H,24,25). The van der Waals surface area contributed by atoms with Crippen molar-refractivity contribution < 1.29 is 4.74 Å². The first-order chi connectivity index (χ1) is 13.2. The highest BCUT2D eigenvalue weighted by Gasteiger charge is 2.23. The van der Waals surface area contributed by atoms with E-state index in [1.807, 2.05) is 30.3 Å². The SMILES string of the molecule is COc1cccc(CN2CCC(c3cc(-c4ccc(Cl)cc4)[nH]n3)CC2)c1. The van der Waals surface area contributed by atoms with Crippen LogP contribution >= 0.6 is 11.6 Å². The number of methoxy groups -OCH3 is 1. The van der Waals surface area contributed by atoms with Crippen LogP contribution in [-0.2, 0) is 6.54 Å². The molecule has 1 N–H and O–H groups in total. The molecule has 1 aliphatic heterocycles. The molecular formula is C22H24ClN3O. The number of halogens is 1. The van der Waals surface area contributed by atoms with E-state index < -0.39 is 0 Å². The predicted octanol–water partition coefficient (Wildman–Crippen LogP) is 5.12. The number of aromatic nitrogens is 2. The second-order valence-electron chi connectivity index (χ2n) is 7.12. The van der Waals surface area contributed by atoms with Gasteiger partial charge in [-0.2, -0.15) is 5.10 Å². The van der Waals surface area contributed by atoms with Gasteiger partial charge in [-0.25, -0.2) is 0 Å². The topological polar surface area (TPSA) is 41.1 Å². The van der Waals surface area contributed by atoms with Gasteiger partial charge in [0.25, 0.3) is 0 Å². The number of rotatable bonds is 5. The summed E-state index contributed by atoms with van der Waals surface area (Å²) in [6, 6.07) is 18.4. The average Bonchev–Trinajstić information content (AvgIpc) is 3.19. The molecule has 0 atom stereocenters. The second kappa shape index (κ2) is 8.15. The largest absolute Gasteiger partial charge is 0.497 e. The summed E-state index contributed by atoms with van der Waals surface area (Å²) >= 11 is 5.98. The van der Waals surface area contributed by atoms with Crippen LogP contribution in [0.25, 0.3) is 11.3 Å². The molecule has 0 amide bonds. The molecule has 4 rings (SSSR count). The van der Waals surface area contributed by atoms with E-state index >= 15 is 0 Å². The van der Waals surface area contributed by atoms with Gasteiger partial charge in [0.1, 0.15) is 5.75 Å². The molecule has 1 aliphatic rings. The molecular weight excluding hydrogens is 358 g/mol. The average molecular weight is 382 g/mol. The Kier molecular flexibility index (Phi) is 5.46. The first-order valence-corrected chi connectivity index (χ1v) is 9.75. The molecule has 2 heterocycles. The number of H-pyrrole nitrogens is 1. The number of nitrogens with zero attached hydrogens (tertiary/aromatic N) is 2. The molecule has 0 aliphatic carbocycles. The number of likely N-dealkylation sites (tertiary alicyclic amines) is 1. The molecule has 3 aromatic rings.